The molecule has 0 bridgehead atoms. The highest BCUT2D eigenvalue weighted by atomic mass is 16.1. The summed E-state index contributed by atoms with van der Waals surface area (Å²) >= 11 is 0. The monoisotopic (exact) mass is 239 g/mol. The van der Waals surface area contributed by atoms with Crippen molar-refractivity contribution < 1.29 is 9.59 Å². The number of benzene rings is 1. The molecule has 1 aromatic carbocycles. The molecule has 2 amide bonds. The summed E-state index contributed by atoms with van der Waals surface area (Å²) in [7, 11) is 1.85. The Morgan fingerprint density at radius 3 is 1.82 bits per heavy atom. The standard InChI is InChI=1S/C9H12N2O.C2H6.CH3NO/c1-7(12)11-9-5-3-8(10-2)4-6-9;1-2;2-1-3/h3-6,10H,1-2H3,(H,11,12);1-2H3;1H,(H2,2,3). The number of carbonyl (C=O) groups is 2. The van der Waals surface area contributed by atoms with Crippen molar-refractivity contribution >= 4 is 23.7 Å². The average molecular weight is 239 g/mol. The molecule has 0 saturated heterocycles. The van der Waals surface area contributed by atoms with E-state index in [0.717, 1.165) is 11.4 Å². The van der Waals surface area contributed by atoms with Crippen LogP contribution in [0.2, 0.25) is 0 Å². The lowest BCUT2D eigenvalue weighted by Gasteiger charge is -2.03. The minimum absolute atomic E-state index is 0.0489. The molecule has 0 aliphatic carbocycles. The van der Waals surface area contributed by atoms with Crippen LogP contribution in [0.15, 0.2) is 24.3 Å². The third kappa shape index (κ3) is 10.2. The van der Waals surface area contributed by atoms with E-state index in [1.807, 2.05) is 45.2 Å². The zero-order chi connectivity index (χ0) is 13.7. The summed E-state index contributed by atoms with van der Waals surface area (Å²) in [6.45, 7) is 5.49. The van der Waals surface area contributed by atoms with Gasteiger partial charge >= 0.3 is 0 Å². The number of amides is 2. The van der Waals surface area contributed by atoms with Gasteiger partial charge in [-0.3, -0.25) is 9.59 Å². The van der Waals surface area contributed by atoms with Gasteiger partial charge in [-0.25, -0.2) is 0 Å². The van der Waals surface area contributed by atoms with E-state index in [-0.39, 0.29) is 12.3 Å². The summed E-state index contributed by atoms with van der Waals surface area (Å²) in [5.74, 6) is -0.0489. The molecule has 0 radical (unpaired) electrons. The van der Waals surface area contributed by atoms with Crippen LogP contribution < -0.4 is 16.4 Å². The van der Waals surface area contributed by atoms with E-state index >= 15 is 0 Å². The third-order valence-electron chi connectivity index (χ3n) is 1.49. The van der Waals surface area contributed by atoms with Crippen LogP contribution in [0, 0.1) is 0 Å². The Bertz CT molecular complexity index is 310. The van der Waals surface area contributed by atoms with Crippen molar-refractivity contribution in [3.63, 3.8) is 0 Å². The van der Waals surface area contributed by atoms with Gasteiger partial charge in [-0.05, 0) is 24.3 Å². The summed E-state index contributed by atoms with van der Waals surface area (Å²) in [6, 6.07) is 7.52. The molecule has 1 aromatic rings. The van der Waals surface area contributed by atoms with Crippen LogP contribution in [0.4, 0.5) is 11.4 Å². The molecule has 0 spiro atoms. The van der Waals surface area contributed by atoms with Gasteiger partial charge in [0.15, 0.2) is 0 Å². The number of hydrogen-bond donors (Lipinski definition) is 3. The molecule has 0 fully saturated rings. The first-order valence-corrected chi connectivity index (χ1v) is 5.34. The number of hydrogen-bond acceptors (Lipinski definition) is 3. The van der Waals surface area contributed by atoms with E-state index in [2.05, 4.69) is 16.4 Å². The molecular weight excluding hydrogens is 218 g/mol. The maximum absolute atomic E-state index is 10.6. The van der Waals surface area contributed by atoms with Crippen molar-refractivity contribution in [1.82, 2.24) is 0 Å². The second kappa shape index (κ2) is 12.0. The quantitative estimate of drug-likeness (QED) is 0.688. The SMILES string of the molecule is CC.CNc1ccc(NC(C)=O)cc1.NC=O. The molecule has 4 N–H and O–H groups in total. The normalized spacial score (nSPS) is 7.53. The van der Waals surface area contributed by atoms with Gasteiger partial charge in [0.05, 0.1) is 0 Å². The molecule has 17 heavy (non-hydrogen) atoms. The Hall–Kier alpha value is -2.04. The van der Waals surface area contributed by atoms with Crippen LogP contribution >= 0.6 is 0 Å². The molecule has 0 aromatic heterocycles. The fourth-order valence-corrected chi connectivity index (χ4v) is 0.923. The maximum atomic E-state index is 10.6. The molecule has 1 rings (SSSR count). The summed E-state index contributed by atoms with van der Waals surface area (Å²) in [4.78, 5) is 19.2. The molecule has 0 unspecified atom stereocenters. The van der Waals surface area contributed by atoms with Crippen molar-refractivity contribution in [2.24, 2.45) is 5.73 Å². The number of rotatable bonds is 2. The molecule has 5 heteroatoms. The van der Waals surface area contributed by atoms with Gasteiger partial charge in [-0.15, -0.1) is 0 Å². The van der Waals surface area contributed by atoms with Crippen molar-refractivity contribution in [3.8, 4) is 0 Å². The number of nitrogens with one attached hydrogen (secondary N) is 2. The van der Waals surface area contributed by atoms with Gasteiger partial charge in [0, 0.05) is 25.3 Å². The van der Waals surface area contributed by atoms with Crippen LogP contribution in [-0.2, 0) is 9.59 Å². The lowest BCUT2D eigenvalue weighted by atomic mass is 10.3. The maximum Gasteiger partial charge on any atom is 0.221 e. The van der Waals surface area contributed by atoms with Crippen molar-refractivity contribution in [3.05, 3.63) is 24.3 Å². The summed E-state index contributed by atoms with van der Waals surface area (Å²) in [5, 5.41) is 5.68. The Morgan fingerprint density at radius 1 is 1.18 bits per heavy atom. The lowest BCUT2D eigenvalue weighted by molar-refractivity contribution is -0.114. The van der Waals surface area contributed by atoms with Gasteiger partial charge in [0.1, 0.15) is 0 Å². The van der Waals surface area contributed by atoms with Crippen LogP contribution in [0.5, 0.6) is 0 Å². The van der Waals surface area contributed by atoms with Gasteiger partial charge in [-0.2, -0.15) is 0 Å². The first-order chi connectivity index (χ1) is 8.13. The highest BCUT2D eigenvalue weighted by Crippen LogP contribution is 2.12. The van der Waals surface area contributed by atoms with Gasteiger partial charge in [-0.1, -0.05) is 13.8 Å². The number of nitrogens with two attached hydrogens (primary N) is 1. The first kappa shape index (κ1) is 17.4. The van der Waals surface area contributed by atoms with E-state index in [4.69, 9.17) is 4.79 Å². The second-order valence-corrected chi connectivity index (χ2v) is 2.64. The smallest absolute Gasteiger partial charge is 0.221 e. The molecule has 0 aliphatic rings. The summed E-state index contributed by atoms with van der Waals surface area (Å²) in [6.07, 6.45) is 0.250. The Morgan fingerprint density at radius 2 is 1.53 bits per heavy atom. The fourth-order valence-electron chi connectivity index (χ4n) is 0.923. The first-order valence-electron chi connectivity index (χ1n) is 5.34. The zero-order valence-electron chi connectivity index (χ0n) is 10.8. The highest BCUT2D eigenvalue weighted by Gasteiger charge is 1.93. The summed E-state index contributed by atoms with van der Waals surface area (Å²) < 4.78 is 0. The summed E-state index contributed by atoms with van der Waals surface area (Å²) in [5.41, 5.74) is 6.02. The number of primary amides is 1. The molecule has 96 valence electrons. The van der Waals surface area contributed by atoms with Gasteiger partial charge < -0.3 is 16.4 Å². The Labute approximate surface area is 102 Å². The molecular formula is C12H21N3O2. The predicted molar refractivity (Wildman–Crippen MR) is 71.9 cm³/mol. The van der Waals surface area contributed by atoms with E-state index in [1.54, 1.807) is 0 Å². The second-order valence-electron chi connectivity index (χ2n) is 2.64. The third-order valence-corrected chi connectivity index (χ3v) is 1.49. The Kier molecular flexibility index (Phi) is 12.3. The minimum atomic E-state index is -0.0489. The van der Waals surface area contributed by atoms with Crippen LogP contribution in [-0.4, -0.2) is 19.4 Å². The van der Waals surface area contributed by atoms with Crippen LogP contribution in [0.25, 0.3) is 0 Å². The average Bonchev–Trinajstić information content (AvgIpc) is 2.33. The van der Waals surface area contributed by atoms with Crippen LogP contribution in [0.1, 0.15) is 20.8 Å². The fraction of sp³-hybridized carbons (Fsp3) is 0.333. The lowest BCUT2D eigenvalue weighted by Crippen LogP contribution is -2.05. The van der Waals surface area contributed by atoms with Gasteiger partial charge in [0.25, 0.3) is 0 Å². The van der Waals surface area contributed by atoms with E-state index < -0.39 is 0 Å². The largest absolute Gasteiger partial charge is 0.388 e. The minimum Gasteiger partial charge on any atom is -0.388 e. The topological polar surface area (TPSA) is 84.2 Å². The van der Waals surface area contributed by atoms with E-state index in [1.165, 1.54) is 6.92 Å². The highest BCUT2D eigenvalue weighted by molar-refractivity contribution is 5.88. The molecule has 0 saturated carbocycles. The molecule has 0 atom stereocenters. The Balaban J connectivity index is 0. The predicted octanol–water partition coefficient (Wildman–Crippen LogP) is 1.81. The zero-order valence-corrected chi connectivity index (χ0v) is 10.8. The van der Waals surface area contributed by atoms with Gasteiger partial charge in [0.2, 0.25) is 12.3 Å². The molecule has 0 aliphatic heterocycles. The molecule has 0 heterocycles. The number of carbonyl (C=O) groups excluding carboxylic acids is 2. The molecule has 5 nitrogen and oxygen atoms in total. The van der Waals surface area contributed by atoms with Crippen molar-refractivity contribution in [1.29, 1.82) is 0 Å². The van der Waals surface area contributed by atoms with E-state index in [9.17, 15) is 4.79 Å². The van der Waals surface area contributed by atoms with Crippen molar-refractivity contribution in [2.75, 3.05) is 17.7 Å². The number of anilines is 2. The van der Waals surface area contributed by atoms with E-state index in [0.29, 0.717) is 0 Å². The van der Waals surface area contributed by atoms with Crippen LogP contribution in [0.3, 0.4) is 0 Å². The van der Waals surface area contributed by atoms with Crippen molar-refractivity contribution in [2.45, 2.75) is 20.8 Å².